The number of rotatable bonds is 6. The highest BCUT2D eigenvalue weighted by Crippen LogP contribution is 2.28. The minimum atomic E-state index is -4.17. The second-order valence-electron chi connectivity index (χ2n) is 4.75. The summed E-state index contributed by atoms with van der Waals surface area (Å²) in [5.41, 5.74) is 5.06. The molecule has 0 aromatic carbocycles. The lowest BCUT2D eigenvalue weighted by Crippen LogP contribution is -2.57. The molecule has 0 radical (unpaired) electrons. The molecule has 0 bridgehead atoms. The highest BCUT2D eigenvalue weighted by atomic mass is 19.4. The normalized spacial score (nSPS) is 16.9. The standard InChI is InChI=1S/C11H23F3N2/c1-5-6-16(8-11(12,13)14)10(4,7-15)9(2)3/h9H,5-8,15H2,1-4H3. The van der Waals surface area contributed by atoms with E-state index in [0.29, 0.717) is 13.0 Å². The molecule has 0 aliphatic heterocycles. The van der Waals surface area contributed by atoms with Crippen molar-refractivity contribution >= 4 is 0 Å². The van der Waals surface area contributed by atoms with Crippen LogP contribution in [0.5, 0.6) is 0 Å². The summed E-state index contributed by atoms with van der Waals surface area (Å²) in [5.74, 6) is 0.0893. The van der Waals surface area contributed by atoms with Crippen molar-refractivity contribution in [2.45, 2.75) is 45.8 Å². The van der Waals surface area contributed by atoms with Gasteiger partial charge in [0.05, 0.1) is 6.54 Å². The molecule has 1 unspecified atom stereocenters. The van der Waals surface area contributed by atoms with Gasteiger partial charge in [-0.25, -0.2) is 0 Å². The van der Waals surface area contributed by atoms with E-state index >= 15 is 0 Å². The molecule has 0 spiro atoms. The molecule has 2 nitrogen and oxygen atoms in total. The molecule has 0 aromatic rings. The minimum absolute atomic E-state index is 0.0893. The molecular formula is C11H23F3N2. The number of alkyl halides is 3. The largest absolute Gasteiger partial charge is 0.401 e. The fourth-order valence-electron chi connectivity index (χ4n) is 1.73. The van der Waals surface area contributed by atoms with Crippen molar-refractivity contribution in [3.05, 3.63) is 0 Å². The van der Waals surface area contributed by atoms with E-state index in [-0.39, 0.29) is 12.5 Å². The Bertz CT molecular complexity index is 204. The number of halogens is 3. The molecule has 0 aromatic heterocycles. The summed E-state index contributed by atoms with van der Waals surface area (Å²) in [6, 6.07) is 0. The van der Waals surface area contributed by atoms with Crippen LogP contribution in [0.1, 0.15) is 34.1 Å². The third-order valence-electron chi connectivity index (χ3n) is 3.24. The monoisotopic (exact) mass is 240 g/mol. The zero-order valence-electron chi connectivity index (χ0n) is 10.6. The molecule has 1 atom stereocenters. The average Bonchev–Trinajstić information content (AvgIpc) is 2.13. The molecule has 0 saturated heterocycles. The van der Waals surface area contributed by atoms with Gasteiger partial charge in [-0.1, -0.05) is 20.8 Å². The van der Waals surface area contributed by atoms with Crippen LogP contribution in [0, 0.1) is 5.92 Å². The quantitative estimate of drug-likeness (QED) is 0.773. The SMILES string of the molecule is CCCN(CC(F)(F)F)C(C)(CN)C(C)C. The van der Waals surface area contributed by atoms with Gasteiger partial charge >= 0.3 is 6.18 Å². The fourth-order valence-corrected chi connectivity index (χ4v) is 1.73. The van der Waals surface area contributed by atoms with Crippen LogP contribution in [-0.2, 0) is 0 Å². The van der Waals surface area contributed by atoms with E-state index in [2.05, 4.69) is 0 Å². The van der Waals surface area contributed by atoms with Gasteiger partial charge in [-0.05, 0) is 25.8 Å². The van der Waals surface area contributed by atoms with Crippen molar-refractivity contribution in [3.8, 4) is 0 Å². The Hall–Kier alpha value is -0.290. The van der Waals surface area contributed by atoms with Gasteiger partial charge in [0.1, 0.15) is 0 Å². The molecule has 2 N–H and O–H groups in total. The summed E-state index contributed by atoms with van der Waals surface area (Å²) in [6.45, 7) is 7.27. The van der Waals surface area contributed by atoms with Crippen LogP contribution in [0.25, 0.3) is 0 Å². The summed E-state index contributed by atoms with van der Waals surface area (Å²) >= 11 is 0. The highest BCUT2D eigenvalue weighted by molar-refractivity contribution is 4.91. The number of nitrogens with two attached hydrogens (primary N) is 1. The van der Waals surface area contributed by atoms with Gasteiger partial charge in [0.25, 0.3) is 0 Å². The van der Waals surface area contributed by atoms with Gasteiger partial charge in [0.2, 0.25) is 0 Å². The third kappa shape index (κ3) is 4.29. The topological polar surface area (TPSA) is 29.3 Å². The molecule has 16 heavy (non-hydrogen) atoms. The van der Waals surface area contributed by atoms with E-state index < -0.39 is 18.3 Å². The van der Waals surface area contributed by atoms with Gasteiger partial charge in [-0.15, -0.1) is 0 Å². The van der Waals surface area contributed by atoms with Crippen molar-refractivity contribution in [2.24, 2.45) is 11.7 Å². The first-order chi connectivity index (χ1) is 7.17. The minimum Gasteiger partial charge on any atom is -0.329 e. The smallest absolute Gasteiger partial charge is 0.329 e. The van der Waals surface area contributed by atoms with Crippen LogP contribution in [0.2, 0.25) is 0 Å². The Kier molecular flexibility index (Phi) is 5.76. The zero-order valence-corrected chi connectivity index (χ0v) is 10.6. The molecule has 0 amide bonds. The molecule has 0 rings (SSSR count). The number of hydrogen-bond acceptors (Lipinski definition) is 2. The zero-order chi connectivity index (χ0) is 13.0. The van der Waals surface area contributed by atoms with E-state index in [4.69, 9.17) is 5.73 Å². The molecule has 98 valence electrons. The second-order valence-corrected chi connectivity index (χ2v) is 4.75. The van der Waals surface area contributed by atoms with Crippen LogP contribution < -0.4 is 5.73 Å². The Balaban J connectivity index is 4.86. The Labute approximate surface area is 96.0 Å². The maximum atomic E-state index is 12.5. The van der Waals surface area contributed by atoms with E-state index in [1.807, 2.05) is 20.8 Å². The molecule has 0 aliphatic carbocycles. The van der Waals surface area contributed by atoms with E-state index in [1.165, 1.54) is 4.90 Å². The summed E-state index contributed by atoms with van der Waals surface area (Å²) in [6.07, 6.45) is -3.47. The molecule has 0 saturated carbocycles. The predicted octanol–water partition coefficient (Wildman–Crippen LogP) is 2.63. The first-order valence-corrected chi connectivity index (χ1v) is 5.69. The van der Waals surface area contributed by atoms with Crippen molar-refractivity contribution in [1.82, 2.24) is 4.90 Å². The van der Waals surface area contributed by atoms with Crippen LogP contribution in [0.4, 0.5) is 13.2 Å². The lowest BCUT2D eigenvalue weighted by Gasteiger charge is -2.44. The van der Waals surface area contributed by atoms with Crippen LogP contribution in [-0.4, -0.2) is 36.2 Å². The Morgan fingerprint density at radius 3 is 2.00 bits per heavy atom. The number of hydrogen-bond donors (Lipinski definition) is 1. The lowest BCUT2D eigenvalue weighted by atomic mass is 9.86. The predicted molar refractivity (Wildman–Crippen MR) is 60.2 cm³/mol. The number of nitrogens with zero attached hydrogens (tertiary/aromatic N) is 1. The van der Waals surface area contributed by atoms with Gasteiger partial charge in [-0.2, -0.15) is 13.2 Å². The first-order valence-electron chi connectivity index (χ1n) is 5.69. The highest BCUT2D eigenvalue weighted by Gasteiger charge is 2.40. The summed E-state index contributed by atoms with van der Waals surface area (Å²) < 4.78 is 37.4. The van der Waals surface area contributed by atoms with E-state index in [9.17, 15) is 13.2 Å². The fraction of sp³-hybridized carbons (Fsp3) is 1.00. The van der Waals surface area contributed by atoms with Crippen LogP contribution in [0.3, 0.4) is 0 Å². The van der Waals surface area contributed by atoms with Gasteiger partial charge in [0.15, 0.2) is 0 Å². The van der Waals surface area contributed by atoms with Gasteiger partial charge in [0, 0.05) is 12.1 Å². The molecular weight excluding hydrogens is 217 g/mol. The molecule has 0 aliphatic rings. The maximum Gasteiger partial charge on any atom is 0.401 e. The van der Waals surface area contributed by atoms with Crippen molar-refractivity contribution in [3.63, 3.8) is 0 Å². The lowest BCUT2D eigenvalue weighted by molar-refractivity contribution is -0.161. The second kappa shape index (κ2) is 5.87. The van der Waals surface area contributed by atoms with Crippen molar-refractivity contribution in [2.75, 3.05) is 19.6 Å². The van der Waals surface area contributed by atoms with E-state index in [1.54, 1.807) is 6.92 Å². The van der Waals surface area contributed by atoms with Crippen molar-refractivity contribution < 1.29 is 13.2 Å². The van der Waals surface area contributed by atoms with E-state index in [0.717, 1.165) is 0 Å². The molecule has 5 heteroatoms. The Morgan fingerprint density at radius 2 is 1.75 bits per heavy atom. The van der Waals surface area contributed by atoms with Crippen LogP contribution in [0.15, 0.2) is 0 Å². The third-order valence-corrected chi connectivity index (χ3v) is 3.24. The van der Waals surface area contributed by atoms with Crippen molar-refractivity contribution in [1.29, 1.82) is 0 Å². The molecule has 0 fully saturated rings. The molecule has 0 heterocycles. The summed E-state index contributed by atoms with van der Waals surface area (Å²) in [7, 11) is 0. The van der Waals surface area contributed by atoms with Gasteiger partial charge in [-0.3, -0.25) is 4.90 Å². The Morgan fingerprint density at radius 1 is 1.25 bits per heavy atom. The van der Waals surface area contributed by atoms with Gasteiger partial charge < -0.3 is 5.73 Å². The summed E-state index contributed by atoms with van der Waals surface area (Å²) in [5, 5.41) is 0. The van der Waals surface area contributed by atoms with Crippen LogP contribution >= 0.6 is 0 Å². The first kappa shape index (κ1) is 15.7. The maximum absolute atomic E-state index is 12.5. The average molecular weight is 240 g/mol. The summed E-state index contributed by atoms with van der Waals surface area (Å²) in [4.78, 5) is 1.46.